The van der Waals surface area contributed by atoms with Gasteiger partial charge in [-0.2, -0.15) is 0 Å². The van der Waals surface area contributed by atoms with Gasteiger partial charge >= 0.3 is 6.09 Å². The highest BCUT2D eigenvalue weighted by Gasteiger charge is 2.56. The molecule has 3 N–H and O–H groups in total. The molecule has 0 aliphatic carbocycles. The highest BCUT2D eigenvalue weighted by Crippen LogP contribution is 2.32. The van der Waals surface area contributed by atoms with Crippen LogP contribution in [-0.2, 0) is 14.3 Å². The fourth-order valence-electron chi connectivity index (χ4n) is 2.32. The number of fused-ring (bicyclic) bond motifs is 1. The normalized spacial score (nSPS) is 38.0. The summed E-state index contributed by atoms with van der Waals surface area (Å²) in [7, 11) is 0. The minimum absolute atomic E-state index is 0.130. The summed E-state index contributed by atoms with van der Waals surface area (Å²) in [4.78, 5) is 24.3. The highest BCUT2D eigenvalue weighted by atomic mass is 16.7. The van der Waals surface area contributed by atoms with Crippen LogP contribution < -0.4 is 0 Å². The minimum Gasteiger partial charge on any atom is -0.417 e. The Balaban J connectivity index is 2.21. The van der Waals surface area contributed by atoms with Crippen molar-refractivity contribution >= 4 is 12.0 Å². The van der Waals surface area contributed by atoms with E-state index in [-0.39, 0.29) is 6.42 Å². The molecule has 0 saturated carbocycles. The van der Waals surface area contributed by atoms with Gasteiger partial charge in [0.15, 0.2) is 0 Å². The fraction of sp³-hybridized carbons (Fsp3) is 0.818. The summed E-state index contributed by atoms with van der Waals surface area (Å²) in [5.74, 6) is -0.489. The number of hydrogen-bond donors (Lipinski definition) is 3. The summed E-state index contributed by atoms with van der Waals surface area (Å²) in [6, 6.07) is -1.08. The van der Waals surface area contributed by atoms with E-state index in [4.69, 9.17) is 14.6 Å². The molecule has 0 aromatic heterocycles. The molecule has 1 unspecified atom stereocenters. The largest absolute Gasteiger partial charge is 0.419 e. The second-order valence-electron chi connectivity index (χ2n) is 4.59. The average Bonchev–Trinajstić information content (AvgIpc) is 2.70. The van der Waals surface area contributed by atoms with Gasteiger partial charge in [-0.15, -0.1) is 0 Å². The Morgan fingerprint density at radius 2 is 2.05 bits per heavy atom. The lowest BCUT2D eigenvalue weighted by Crippen LogP contribution is -2.61. The molecule has 19 heavy (non-hydrogen) atoms. The third kappa shape index (κ3) is 2.32. The maximum absolute atomic E-state index is 11.8. The molecular formula is C11H17NO7. The maximum atomic E-state index is 11.8. The van der Waals surface area contributed by atoms with Crippen molar-refractivity contribution in [2.24, 2.45) is 0 Å². The minimum atomic E-state index is -1.41. The standard InChI is InChI=1S/C11H17NO7/c1-2-3-6(14)12-7-9(16)8(15)5(4-13)18-10(7)19-11(12)17/h5,7-10,13,15-16H,2-4H2,1H3/t5-,7-,8-,9-,10?/m1/s1. The summed E-state index contributed by atoms with van der Waals surface area (Å²) in [5, 5.41) is 28.8. The van der Waals surface area contributed by atoms with Gasteiger partial charge < -0.3 is 24.8 Å². The summed E-state index contributed by atoms with van der Waals surface area (Å²) < 4.78 is 10.0. The van der Waals surface area contributed by atoms with E-state index >= 15 is 0 Å². The summed E-state index contributed by atoms with van der Waals surface area (Å²) in [6.07, 6.45) is -5.25. The van der Waals surface area contributed by atoms with Crippen LogP contribution in [0.5, 0.6) is 0 Å². The third-order valence-corrected chi connectivity index (χ3v) is 3.29. The van der Waals surface area contributed by atoms with Gasteiger partial charge in [0, 0.05) is 6.42 Å². The number of hydrogen-bond acceptors (Lipinski definition) is 7. The van der Waals surface area contributed by atoms with E-state index < -0.39 is 49.3 Å². The smallest absolute Gasteiger partial charge is 0.417 e. The van der Waals surface area contributed by atoms with Gasteiger partial charge in [0.05, 0.1) is 6.61 Å². The SMILES string of the molecule is CCCC(=O)N1C(=O)OC2O[C@H](CO)[C@@H](O)[C@H](O)[C@H]21. The van der Waals surface area contributed by atoms with Crippen LogP contribution in [0.15, 0.2) is 0 Å². The van der Waals surface area contributed by atoms with Crippen molar-refractivity contribution in [1.82, 2.24) is 4.90 Å². The Labute approximate surface area is 109 Å². The van der Waals surface area contributed by atoms with Crippen molar-refractivity contribution in [3.05, 3.63) is 0 Å². The monoisotopic (exact) mass is 275 g/mol. The molecule has 2 heterocycles. The van der Waals surface area contributed by atoms with Gasteiger partial charge in [-0.05, 0) is 6.42 Å². The molecule has 2 rings (SSSR count). The molecule has 2 amide bonds. The van der Waals surface area contributed by atoms with Gasteiger partial charge in [0.25, 0.3) is 0 Å². The molecule has 8 heteroatoms. The molecule has 2 fully saturated rings. The van der Waals surface area contributed by atoms with Crippen molar-refractivity contribution in [3.63, 3.8) is 0 Å². The number of nitrogens with zero attached hydrogens (tertiary/aromatic N) is 1. The second kappa shape index (κ2) is 5.41. The van der Waals surface area contributed by atoms with Crippen LogP contribution >= 0.6 is 0 Å². The predicted molar refractivity (Wildman–Crippen MR) is 59.8 cm³/mol. The molecule has 0 aromatic carbocycles. The molecule has 2 aliphatic rings. The number of aliphatic hydroxyl groups excluding tert-OH is 3. The van der Waals surface area contributed by atoms with Crippen molar-refractivity contribution in [1.29, 1.82) is 0 Å². The van der Waals surface area contributed by atoms with Gasteiger partial charge in [0.2, 0.25) is 12.2 Å². The fourth-order valence-corrected chi connectivity index (χ4v) is 2.32. The molecule has 8 nitrogen and oxygen atoms in total. The van der Waals surface area contributed by atoms with E-state index in [9.17, 15) is 19.8 Å². The number of rotatable bonds is 3. The van der Waals surface area contributed by atoms with E-state index in [0.29, 0.717) is 6.42 Å². The van der Waals surface area contributed by atoms with Crippen LogP contribution in [0.2, 0.25) is 0 Å². The zero-order chi connectivity index (χ0) is 14.2. The topological polar surface area (TPSA) is 117 Å². The molecular weight excluding hydrogens is 258 g/mol. The van der Waals surface area contributed by atoms with Crippen molar-refractivity contribution in [3.8, 4) is 0 Å². The molecule has 2 saturated heterocycles. The van der Waals surface area contributed by atoms with Gasteiger partial charge in [-0.1, -0.05) is 6.92 Å². The van der Waals surface area contributed by atoms with E-state index in [1.807, 2.05) is 0 Å². The lowest BCUT2D eigenvalue weighted by atomic mass is 9.96. The molecule has 0 radical (unpaired) electrons. The number of aliphatic hydroxyl groups is 3. The number of ether oxygens (including phenoxy) is 2. The van der Waals surface area contributed by atoms with Crippen LogP contribution in [0.1, 0.15) is 19.8 Å². The van der Waals surface area contributed by atoms with E-state index in [1.165, 1.54) is 0 Å². The molecule has 2 aliphatic heterocycles. The zero-order valence-corrected chi connectivity index (χ0v) is 10.4. The highest BCUT2D eigenvalue weighted by molar-refractivity contribution is 5.93. The first-order valence-corrected chi connectivity index (χ1v) is 6.16. The van der Waals surface area contributed by atoms with E-state index in [0.717, 1.165) is 4.90 Å². The van der Waals surface area contributed by atoms with Gasteiger partial charge in [-0.25, -0.2) is 9.69 Å². The van der Waals surface area contributed by atoms with Crippen LogP contribution in [0.4, 0.5) is 4.79 Å². The van der Waals surface area contributed by atoms with E-state index in [2.05, 4.69) is 0 Å². The molecule has 5 atom stereocenters. The molecule has 0 spiro atoms. The van der Waals surface area contributed by atoms with Crippen molar-refractivity contribution < 1.29 is 34.4 Å². The van der Waals surface area contributed by atoms with Crippen LogP contribution in [0.25, 0.3) is 0 Å². The summed E-state index contributed by atoms with van der Waals surface area (Å²) in [5.41, 5.74) is 0. The molecule has 108 valence electrons. The number of carbonyl (C=O) groups is 2. The number of amides is 2. The van der Waals surface area contributed by atoms with E-state index in [1.54, 1.807) is 6.92 Å². The Morgan fingerprint density at radius 1 is 1.37 bits per heavy atom. The average molecular weight is 275 g/mol. The Kier molecular flexibility index (Phi) is 4.04. The second-order valence-corrected chi connectivity index (χ2v) is 4.59. The Bertz CT molecular complexity index is 374. The Morgan fingerprint density at radius 3 is 2.63 bits per heavy atom. The third-order valence-electron chi connectivity index (χ3n) is 3.29. The van der Waals surface area contributed by atoms with Crippen LogP contribution in [0.3, 0.4) is 0 Å². The van der Waals surface area contributed by atoms with Crippen LogP contribution in [-0.4, -0.2) is 69.5 Å². The first-order valence-electron chi connectivity index (χ1n) is 6.16. The van der Waals surface area contributed by atoms with Crippen LogP contribution in [0, 0.1) is 0 Å². The first-order chi connectivity index (χ1) is 9.01. The molecule has 0 aromatic rings. The number of carbonyl (C=O) groups excluding carboxylic acids is 2. The number of imide groups is 1. The molecule has 0 bridgehead atoms. The van der Waals surface area contributed by atoms with Gasteiger partial charge in [-0.3, -0.25) is 4.79 Å². The predicted octanol–water partition coefficient (Wildman–Crippen LogP) is -1.43. The lowest BCUT2D eigenvalue weighted by Gasteiger charge is -2.38. The van der Waals surface area contributed by atoms with Crippen molar-refractivity contribution in [2.45, 2.75) is 50.4 Å². The maximum Gasteiger partial charge on any atom is 0.419 e. The van der Waals surface area contributed by atoms with Gasteiger partial charge in [0.1, 0.15) is 24.4 Å². The first kappa shape index (κ1) is 14.2. The lowest BCUT2D eigenvalue weighted by molar-refractivity contribution is -0.241. The summed E-state index contributed by atoms with van der Waals surface area (Å²) in [6.45, 7) is 1.25. The van der Waals surface area contributed by atoms with Crippen molar-refractivity contribution in [2.75, 3.05) is 6.61 Å². The zero-order valence-electron chi connectivity index (χ0n) is 10.4. The quantitative estimate of drug-likeness (QED) is 0.578. The Hall–Kier alpha value is -1.22. The summed E-state index contributed by atoms with van der Waals surface area (Å²) >= 11 is 0.